The van der Waals surface area contributed by atoms with Gasteiger partial charge in [0.05, 0.1) is 17.5 Å². The number of nitrogens with one attached hydrogen (secondary N) is 2. The highest BCUT2D eigenvalue weighted by molar-refractivity contribution is 8.00. The van der Waals surface area contributed by atoms with Crippen LogP contribution >= 0.6 is 23.4 Å². The van der Waals surface area contributed by atoms with E-state index in [1.54, 1.807) is 26.1 Å². The number of benzene rings is 2. The van der Waals surface area contributed by atoms with Gasteiger partial charge in [-0.25, -0.2) is 13.1 Å². The second kappa shape index (κ2) is 10.3. The lowest BCUT2D eigenvalue weighted by atomic mass is 10.1. The van der Waals surface area contributed by atoms with Crippen LogP contribution in [0.2, 0.25) is 5.02 Å². The van der Waals surface area contributed by atoms with Crippen molar-refractivity contribution in [1.29, 1.82) is 0 Å². The van der Waals surface area contributed by atoms with E-state index in [4.69, 9.17) is 11.6 Å². The monoisotopic (exact) mass is 478 g/mol. The number of rotatable bonds is 9. The maximum atomic E-state index is 12.8. The maximum absolute atomic E-state index is 12.8. The zero-order chi connectivity index (χ0) is 22.4. The number of sulfonamides is 1. The Labute approximate surface area is 191 Å². The van der Waals surface area contributed by atoms with Crippen molar-refractivity contribution >= 4 is 39.3 Å². The maximum Gasteiger partial charge on any atom is 0.243 e. The van der Waals surface area contributed by atoms with Gasteiger partial charge in [0.15, 0.2) is 0 Å². The highest BCUT2D eigenvalue weighted by Crippen LogP contribution is 2.25. The van der Waals surface area contributed by atoms with Gasteiger partial charge >= 0.3 is 0 Å². The summed E-state index contributed by atoms with van der Waals surface area (Å²) < 4.78 is 29.1. The summed E-state index contributed by atoms with van der Waals surface area (Å²) in [5.74, 6) is -0.200. The molecular formula is C21H23ClN4O3S2. The number of halogens is 1. The topological polar surface area (TPSA) is 93.1 Å². The Balaban J connectivity index is 1.70. The molecule has 0 radical (unpaired) electrons. The Morgan fingerprint density at radius 3 is 2.45 bits per heavy atom. The van der Waals surface area contributed by atoms with Crippen molar-refractivity contribution in [1.82, 2.24) is 19.8 Å². The molecule has 1 heterocycles. The average Bonchev–Trinajstić information content (AvgIpc) is 3.20. The number of thioether (sulfide) groups is 1. The van der Waals surface area contributed by atoms with E-state index >= 15 is 0 Å². The molecule has 1 amide bonds. The zero-order valence-corrected chi connectivity index (χ0v) is 19.4. The van der Waals surface area contributed by atoms with Crippen LogP contribution < -0.4 is 10.0 Å². The molecule has 0 fully saturated rings. The number of carbonyl (C=O) groups excluding carboxylic acids is 1. The minimum atomic E-state index is -3.75. The molecule has 0 aliphatic carbocycles. The number of hydrogen-bond acceptors (Lipinski definition) is 5. The van der Waals surface area contributed by atoms with E-state index in [2.05, 4.69) is 15.1 Å². The molecule has 0 bridgehead atoms. The second-order valence-corrected chi connectivity index (χ2v) is 10.5. The van der Waals surface area contributed by atoms with Crippen LogP contribution in [-0.2, 0) is 21.9 Å². The van der Waals surface area contributed by atoms with Crippen molar-refractivity contribution in [2.45, 2.75) is 28.0 Å². The molecule has 7 nitrogen and oxygen atoms in total. The third-order valence-electron chi connectivity index (χ3n) is 4.48. The van der Waals surface area contributed by atoms with Crippen molar-refractivity contribution in [3.8, 4) is 0 Å². The molecule has 2 N–H and O–H groups in total. The first-order valence-electron chi connectivity index (χ1n) is 9.50. The summed E-state index contributed by atoms with van der Waals surface area (Å²) in [6.45, 7) is 1.81. The summed E-state index contributed by atoms with van der Waals surface area (Å²) in [6, 6.07) is 16.0. The van der Waals surface area contributed by atoms with Crippen molar-refractivity contribution in [3.05, 3.63) is 77.6 Å². The fourth-order valence-corrected chi connectivity index (χ4v) is 4.84. The molecule has 31 heavy (non-hydrogen) atoms. The molecule has 1 aromatic heterocycles. The third-order valence-corrected chi connectivity index (χ3v) is 7.23. The lowest BCUT2D eigenvalue weighted by molar-refractivity contribution is -0.121. The van der Waals surface area contributed by atoms with Crippen LogP contribution in [0.4, 0.5) is 0 Å². The van der Waals surface area contributed by atoms with Gasteiger partial charge in [-0.2, -0.15) is 5.10 Å². The van der Waals surface area contributed by atoms with Gasteiger partial charge in [0, 0.05) is 29.7 Å². The number of nitrogens with zero attached hydrogens (tertiary/aromatic N) is 2. The van der Waals surface area contributed by atoms with Crippen LogP contribution in [0, 0.1) is 0 Å². The normalized spacial score (nSPS) is 13.5. The van der Waals surface area contributed by atoms with Crippen LogP contribution in [0.3, 0.4) is 0 Å². The fraction of sp³-hybridized carbons (Fsp3) is 0.238. The molecule has 164 valence electrons. The molecular weight excluding hydrogens is 456 g/mol. The van der Waals surface area contributed by atoms with Crippen molar-refractivity contribution in [2.24, 2.45) is 7.05 Å². The lowest BCUT2D eigenvalue weighted by Crippen LogP contribution is -2.40. The Morgan fingerprint density at radius 2 is 1.84 bits per heavy atom. The number of aryl methyl sites for hydroxylation is 1. The minimum absolute atomic E-state index is 0.00527. The second-order valence-electron chi connectivity index (χ2n) is 6.89. The first kappa shape index (κ1) is 23.3. The van der Waals surface area contributed by atoms with Crippen LogP contribution in [0.5, 0.6) is 0 Å². The molecule has 2 atom stereocenters. The SMILES string of the molecule is CC(Sc1ccc(Cl)cc1)C(=O)NC(CNS(=O)(=O)c1cnn(C)c1)c1ccccc1. The number of carbonyl (C=O) groups is 1. The predicted molar refractivity (Wildman–Crippen MR) is 122 cm³/mol. The number of amides is 1. The van der Waals surface area contributed by atoms with E-state index in [-0.39, 0.29) is 22.6 Å². The molecule has 10 heteroatoms. The molecule has 2 unspecified atom stereocenters. The van der Waals surface area contributed by atoms with Gasteiger partial charge in [-0.05, 0) is 36.8 Å². The molecule has 3 aromatic rings. The van der Waals surface area contributed by atoms with E-state index in [0.717, 1.165) is 10.5 Å². The van der Waals surface area contributed by atoms with Crippen molar-refractivity contribution in [3.63, 3.8) is 0 Å². The summed E-state index contributed by atoms with van der Waals surface area (Å²) in [7, 11) is -2.11. The molecule has 0 aliphatic rings. The molecule has 0 saturated heterocycles. The van der Waals surface area contributed by atoms with E-state index in [0.29, 0.717) is 5.02 Å². The van der Waals surface area contributed by atoms with E-state index in [1.165, 1.54) is 28.8 Å². The van der Waals surface area contributed by atoms with E-state index in [1.807, 2.05) is 42.5 Å². The van der Waals surface area contributed by atoms with Gasteiger partial charge < -0.3 is 5.32 Å². The Hall–Kier alpha value is -2.33. The Bertz CT molecular complexity index is 1120. The van der Waals surface area contributed by atoms with Gasteiger partial charge in [-0.3, -0.25) is 9.48 Å². The van der Waals surface area contributed by atoms with Crippen molar-refractivity contribution < 1.29 is 13.2 Å². The Morgan fingerprint density at radius 1 is 1.16 bits per heavy atom. The summed E-state index contributed by atoms with van der Waals surface area (Å²) in [4.78, 5) is 13.8. The smallest absolute Gasteiger partial charge is 0.243 e. The van der Waals surface area contributed by atoms with Gasteiger partial charge in [-0.1, -0.05) is 41.9 Å². The van der Waals surface area contributed by atoms with Gasteiger partial charge in [0.1, 0.15) is 4.90 Å². The first-order chi connectivity index (χ1) is 14.7. The van der Waals surface area contributed by atoms with Crippen molar-refractivity contribution in [2.75, 3.05) is 6.54 Å². The first-order valence-corrected chi connectivity index (χ1v) is 12.2. The molecule has 0 saturated carbocycles. The number of hydrogen-bond donors (Lipinski definition) is 2. The summed E-state index contributed by atoms with van der Waals surface area (Å²) in [6.07, 6.45) is 2.70. The van der Waals surface area contributed by atoms with Crippen LogP contribution in [-0.4, -0.2) is 35.9 Å². The molecule has 2 aromatic carbocycles. The molecule has 3 rings (SSSR count). The lowest BCUT2D eigenvalue weighted by Gasteiger charge is -2.22. The summed E-state index contributed by atoms with van der Waals surface area (Å²) in [5.41, 5.74) is 0.799. The van der Waals surface area contributed by atoms with Gasteiger partial charge in [0.25, 0.3) is 0 Å². The van der Waals surface area contributed by atoms with Gasteiger partial charge in [0.2, 0.25) is 15.9 Å². The minimum Gasteiger partial charge on any atom is -0.347 e. The zero-order valence-electron chi connectivity index (χ0n) is 17.0. The fourth-order valence-electron chi connectivity index (χ4n) is 2.81. The highest BCUT2D eigenvalue weighted by Gasteiger charge is 2.23. The summed E-state index contributed by atoms with van der Waals surface area (Å²) >= 11 is 7.32. The van der Waals surface area contributed by atoms with Crippen LogP contribution in [0.1, 0.15) is 18.5 Å². The van der Waals surface area contributed by atoms with E-state index < -0.39 is 16.1 Å². The Kier molecular flexibility index (Phi) is 7.77. The van der Waals surface area contributed by atoms with E-state index in [9.17, 15) is 13.2 Å². The third kappa shape index (κ3) is 6.57. The van der Waals surface area contributed by atoms with Gasteiger partial charge in [-0.15, -0.1) is 11.8 Å². The van der Waals surface area contributed by atoms with Crippen LogP contribution in [0.15, 0.2) is 76.8 Å². The standard InChI is InChI=1S/C21H23ClN4O3S2/c1-15(30-18-10-8-17(22)9-11-18)21(27)25-20(16-6-4-3-5-7-16)13-24-31(28,29)19-12-23-26(2)14-19/h3-12,14-15,20,24H,13H2,1-2H3,(H,25,27). The molecule has 0 aliphatic heterocycles. The predicted octanol–water partition coefficient (Wildman–Crippen LogP) is 3.39. The largest absolute Gasteiger partial charge is 0.347 e. The summed E-state index contributed by atoms with van der Waals surface area (Å²) in [5, 5.41) is 7.11. The number of aromatic nitrogens is 2. The quantitative estimate of drug-likeness (QED) is 0.460. The average molecular weight is 479 g/mol. The molecule has 0 spiro atoms. The van der Waals surface area contributed by atoms with Crippen LogP contribution in [0.25, 0.3) is 0 Å². The highest BCUT2D eigenvalue weighted by atomic mass is 35.5.